The summed E-state index contributed by atoms with van der Waals surface area (Å²) < 4.78 is 15.2. The molecule has 0 aliphatic carbocycles. The van der Waals surface area contributed by atoms with Crippen LogP contribution >= 0.6 is 0 Å². The smallest absolute Gasteiger partial charge is 0.251 e. The highest BCUT2D eigenvalue weighted by Crippen LogP contribution is 2.11. The van der Waals surface area contributed by atoms with Gasteiger partial charge < -0.3 is 10.4 Å². The Bertz CT molecular complexity index is 846. The van der Waals surface area contributed by atoms with Gasteiger partial charge in [0, 0.05) is 30.1 Å². The van der Waals surface area contributed by atoms with Crippen LogP contribution in [0.15, 0.2) is 60.9 Å². The first-order valence-corrected chi connectivity index (χ1v) is 7.88. The standard InChI is InChI=1S/C19H18FN3O2/c20-18-7-4-15(10-17(18)13-24)11-21-19(25)16-5-2-14(3-6-16)12-23-9-1-8-22-23/h1-10,24H,11-13H2,(H,21,25). The van der Waals surface area contributed by atoms with E-state index in [0.29, 0.717) is 12.1 Å². The topological polar surface area (TPSA) is 67.2 Å². The SMILES string of the molecule is O=C(NCc1ccc(F)c(CO)c1)c1ccc(Cn2cccn2)cc1. The van der Waals surface area contributed by atoms with Crippen molar-refractivity contribution in [3.05, 3.63) is 89.0 Å². The van der Waals surface area contributed by atoms with Gasteiger partial charge in [0.05, 0.1) is 13.2 Å². The van der Waals surface area contributed by atoms with E-state index in [4.69, 9.17) is 5.11 Å². The number of hydrogen-bond donors (Lipinski definition) is 2. The van der Waals surface area contributed by atoms with Gasteiger partial charge in [0.25, 0.3) is 5.91 Å². The van der Waals surface area contributed by atoms with Crippen LogP contribution in [0.3, 0.4) is 0 Å². The number of aliphatic hydroxyl groups is 1. The first-order chi connectivity index (χ1) is 12.2. The summed E-state index contributed by atoms with van der Waals surface area (Å²) in [7, 11) is 0. The molecule has 0 fully saturated rings. The average Bonchev–Trinajstić information content (AvgIpc) is 3.14. The van der Waals surface area contributed by atoms with E-state index >= 15 is 0 Å². The van der Waals surface area contributed by atoms with Crippen LogP contribution in [0, 0.1) is 5.82 Å². The summed E-state index contributed by atoms with van der Waals surface area (Å²) >= 11 is 0. The molecule has 0 atom stereocenters. The van der Waals surface area contributed by atoms with Gasteiger partial charge in [-0.25, -0.2) is 4.39 Å². The molecule has 0 radical (unpaired) electrons. The number of aromatic nitrogens is 2. The quantitative estimate of drug-likeness (QED) is 0.725. The molecule has 3 rings (SSSR count). The number of halogens is 1. The summed E-state index contributed by atoms with van der Waals surface area (Å²) in [5, 5.41) is 16.0. The molecule has 0 aliphatic heterocycles. The Morgan fingerprint density at radius 3 is 2.60 bits per heavy atom. The van der Waals surface area contributed by atoms with Gasteiger partial charge in [-0.05, 0) is 41.5 Å². The third-order valence-electron chi connectivity index (χ3n) is 3.85. The zero-order valence-corrected chi connectivity index (χ0v) is 13.5. The molecule has 128 valence electrons. The van der Waals surface area contributed by atoms with Crippen LogP contribution in [-0.4, -0.2) is 20.8 Å². The molecule has 2 aromatic carbocycles. The summed E-state index contributed by atoms with van der Waals surface area (Å²) in [4.78, 5) is 12.2. The Kier molecular flexibility index (Phi) is 5.20. The maximum atomic E-state index is 13.4. The van der Waals surface area contributed by atoms with Crippen LogP contribution < -0.4 is 5.32 Å². The molecule has 5 nitrogen and oxygen atoms in total. The minimum Gasteiger partial charge on any atom is -0.392 e. The molecule has 0 saturated heterocycles. The zero-order valence-electron chi connectivity index (χ0n) is 13.5. The summed E-state index contributed by atoms with van der Waals surface area (Å²) in [5.74, 6) is -0.661. The molecule has 0 saturated carbocycles. The lowest BCUT2D eigenvalue weighted by Gasteiger charge is -2.08. The molecular formula is C19H18FN3O2. The van der Waals surface area contributed by atoms with E-state index in [9.17, 15) is 9.18 Å². The zero-order chi connectivity index (χ0) is 17.6. The fourth-order valence-electron chi connectivity index (χ4n) is 2.49. The van der Waals surface area contributed by atoms with Gasteiger partial charge in [-0.1, -0.05) is 18.2 Å². The van der Waals surface area contributed by atoms with Crippen molar-refractivity contribution < 1.29 is 14.3 Å². The minimum absolute atomic E-state index is 0.208. The predicted octanol–water partition coefficient (Wildman–Crippen LogP) is 2.49. The monoisotopic (exact) mass is 339 g/mol. The first-order valence-electron chi connectivity index (χ1n) is 7.88. The third kappa shape index (κ3) is 4.30. The molecule has 0 spiro atoms. The molecule has 3 aromatic rings. The molecule has 1 amide bonds. The van der Waals surface area contributed by atoms with Crippen LogP contribution in [0.1, 0.15) is 27.0 Å². The van der Waals surface area contributed by atoms with E-state index in [-0.39, 0.29) is 24.6 Å². The van der Waals surface area contributed by atoms with E-state index in [0.717, 1.165) is 11.1 Å². The Morgan fingerprint density at radius 2 is 1.92 bits per heavy atom. The fourth-order valence-corrected chi connectivity index (χ4v) is 2.49. The van der Waals surface area contributed by atoms with Crippen molar-refractivity contribution in [3.8, 4) is 0 Å². The lowest BCUT2D eigenvalue weighted by molar-refractivity contribution is 0.0951. The Hall–Kier alpha value is -2.99. The Labute approximate surface area is 144 Å². The van der Waals surface area contributed by atoms with Gasteiger partial charge >= 0.3 is 0 Å². The summed E-state index contributed by atoms with van der Waals surface area (Å²) in [6, 6.07) is 13.6. The van der Waals surface area contributed by atoms with Crippen LogP contribution in [0.4, 0.5) is 4.39 Å². The number of aliphatic hydroxyl groups excluding tert-OH is 1. The maximum absolute atomic E-state index is 13.4. The minimum atomic E-state index is -0.453. The van der Waals surface area contributed by atoms with Crippen molar-refractivity contribution in [2.24, 2.45) is 0 Å². The molecule has 1 aromatic heterocycles. The highest BCUT2D eigenvalue weighted by molar-refractivity contribution is 5.94. The van der Waals surface area contributed by atoms with Crippen molar-refractivity contribution >= 4 is 5.91 Å². The summed E-state index contributed by atoms with van der Waals surface area (Å²) in [5.41, 5.74) is 2.55. The van der Waals surface area contributed by atoms with E-state index in [1.165, 1.54) is 6.07 Å². The van der Waals surface area contributed by atoms with Crippen molar-refractivity contribution in [1.82, 2.24) is 15.1 Å². The lowest BCUT2D eigenvalue weighted by Crippen LogP contribution is -2.22. The molecule has 25 heavy (non-hydrogen) atoms. The molecule has 0 aliphatic rings. The van der Waals surface area contributed by atoms with E-state index in [1.807, 2.05) is 29.1 Å². The second-order valence-corrected chi connectivity index (χ2v) is 5.67. The van der Waals surface area contributed by atoms with Gasteiger partial charge in [-0.2, -0.15) is 5.10 Å². The number of nitrogens with zero attached hydrogens (tertiary/aromatic N) is 2. The van der Waals surface area contributed by atoms with Gasteiger partial charge in [-0.3, -0.25) is 9.48 Å². The van der Waals surface area contributed by atoms with E-state index in [2.05, 4.69) is 10.4 Å². The second-order valence-electron chi connectivity index (χ2n) is 5.67. The molecule has 0 bridgehead atoms. The van der Waals surface area contributed by atoms with Crippen LogP contribution in [-0.2, 0) is 19.7 Å². The third-order valence-corrected chi connectivity index (χ3v) is 3.85. The molecule has 2 N–H and O–H groups in total. The molecular weight excluding hydrogens is 321 g/mol. The van der Waals surface area contributed by atoms with Crippen molar-refractivity contribution in [1.29, 1.82) is 0 Å². The van der Waals surface area contributed by atoms with Gasteiger partial charge in [0.2, 0.25) is 0 Å². The van der Waals surface area contributed by atoms with Gasteiger partial charge in [0.1, 0.15) is 5.82 Å². The maximum Gasteiger partial charge on any atom is 0.251 e. The second kappa shape index (κ2) is 7.72. The van der Waals surface area contributed by atoms with E-state index < -0.39 is 5.82 Å². The molecule has 0 unspecified atom stereocenters. The molecule has 6 heteroatoms. The lowest BCUT2D eigenvalue weighted by atomic mass is 10.1. The number of amides is 1. The average molecular weight is 339 g/mol. The predicted molar refractivity (Wildman–Crippen MR) is 91.3 cm³/mol. The van der Waals surface area contributed by atoms with Crippen molar-refractivity contribution in [2.45, 2.75) is 19.7 Å². The van der Waals surface area contributed by atoms with Crippen molar-refractivity contribution in [2.75, 3.05) is 0 Å². The number of hydrogen-bond acceptors (Lipinski definition) is 3. The number of carbonyl (C=O) groups excluding carboxylic acids is 1. The van der Waals surface area contributed by atoms with Crippen LogP contribution in [0.25, 0.3) is 0 Å². The highest BCUT2D eigenvalue weighted by atomic mass is 19.1. The summed E-state index contributed by atoms with van der Waals surface area (Å²) in [6.07, 6.45) is 3.60. The fraction of sp³-hybridized carbons (Fsp3) is 0.158. The van der Waals surface area contributed by atoms with Gasteiger partial charge in [0.15, 0.2) is 0 Å². The molecule has 1 heterocycles. The highest BCUT2D eigenvalue weighted by Gasteiger charge is 2.07. The number of nitrogens with one attached hydrogen (secondary N) is 1. The Balaban J connectivity index is 1.59. The van der Waals surface area contributed by atoms with Gasteiger partial charge in [-0.15, -0.1) is 0 Å². The van der Waals surface area contributed by atoms with Crippen molar-refractivity contribution in [3.63, 3.8) is 0 Å². The Morgan fingerprint density at radius 1 is 1.16 bits per heavy atom. The summed E-state index contributed by atoms with van der Waals surface area (Å²) in [6.45, 7) is 0.543. The number of rotatable bonds is 6. The number of benzene rings is 2. The van der Waals surface area contributed by atoms with E-state index in [1.54, 1.807) is 30.5 Å². The first kappa shape index (κ1) is 16.9. The van der Waals surface area contributed by atoms with Crippen LogP contribution in [0.2, 0.25) is 0 Å². The normalized spacial score (nSPS) is 10.6. The van der Waals surface area contributed by atoms with Crippen LogP contribution in [0.5, 0.6) is 0 Å². The number of carbonyl (C=O) groups is 1. The largest absolute Gasteiger partial charge is 0.392 e.